The summed E-state index contributed by atoms with van der Waals surface area (Å²) in [5.41, 5.74) is 0. The molecule has 68 heavy (non-hydrogen) atoms. The molecule has 392 valence electrons. The first-order chi connectivity index (χ1) is 33.6. The van der Waals surface area contributed by atoms with Crippen molar-refractivity contribution < 1.29 is 23.8 Å². The molecule has 0 aliphatic carbocycles. The number of rotatable bonds is 53. The van der Waals surface area contributed by atoms with Crippen LogP contribution in [0.25, 0.3) is 0 Å². The van der Waals surface area contributed by atoms with E-state index in [1.54, 1.807) is 0 Å². The maximum Gasteiger partial charge on any atom is 0.306 e. The average Bonchev–Trinajstić information content (AvgIpc) is 3.34. The molecule has 0 aliphatic rings. The molecule has 0 radical (unpaired) electrons. The SMILES string of the molecule is CCCCC/C=C\C/C=C\C/C=C\C/C=C\C/C=C\CCC(=O)OC[C@@H](COCCCCCCCCCCCCCCCCCC)OC(=O)CCCCCCCCC/C=C\C/C=C\CCCCC. The van der Waals surface area contributed by atoms with Crippen molar-refractivity contribution in [3.05, 3.63) is 85.1 Å². The van der Waals surface area contributed by atoms with Gasteiger partial charge in [0.1, 0.15) is 6.61 Å². The fourth-order valence-corrected chi connectivity index (χ4v) is 8.05. The molecule has 0 rings (SSSR count). The lowest BCUT2D eigenvalue weighted by molar-refractivity contribution is -0.162. The van der Waals surface area contributed by atoms with Crippen LogP contribution in [0.3, 0.4) is 0 Å². The molecule has 0 amide bonds. The number of carbonyl (C=O) groups excluding carboxylic acids is 2. The second kappa shape index (κ2) is 58.4. The summed E-state index contributed by atoms with van der Waals surface area (Å²) in [6, 6.07) is 0. The lowest BCUT2D eigenvalue weighted by Crippen LogP contribution is -2.30. The van der Waals surface area contributed by atoms with E-state index < -0.39 is 6.10 Å². The Labute approximate surface area is 422 Å². The zero-order valence-corrected chi connectivity index (χ0v) is 45.1. The van der Waals surface area contributed by atoms with Gasteiger partial charge in [0.2, 0.25) is 0 Å². The van der Waals surface area contributed by atoms with Crippen LogP contribution in [0.15, 0.2) is 85.1 Å². The number of esters is 2. The van der Waals surface area contributed by atoms with Gasteiger partial charge in [0, 0.05) is 19.4 Å². The normalized spacial score (nSPS) is 12.8. The number of carbonyl (C=O) groups is 2. The molecule has 0 N–H and O–H groups in total. The molecule has 0 bridgehead atoms. The average molecular weight is 948 g/mol. The molecule has 1 atom stereocenters. The molecule has 0 fully saturated rings. The van der Waals surface area contributed by atoms with Crippen LogP contribution >= 0.6 is 0 Å². The van der Waals surface area contributed by atoms with Gasteiger partial charge in [-0.1, -0.05) is 260 Å². The maximum atomic E-state index is 12.9. The second-order valence-electron chi connectivity index (χ2n) is 19.2. The molecule has 0 aliphatic heterocycles. The summed E-state index contributed by atoms with van der Waals surface area (Å²) in [4.78, 5) is 25.5. The van der Waals surface area contributed by atoms with Gasteiger partial charge in [0.25, 0.3) is 0 Å². The van der Waals surface area contributed by atoms with Crippen molar-refractivity contribution >= 4 is 11.9 Å². The highest BCUT2D eigenvalue weighted by atomic mass is 16.6. The van der Waals surface area contributed by atoms with Crippen LogP contribution in [-0.2, 0) is 23.8 Å². The predicted octanol–water partition coefficient (Wildman–Crippen LogP) is 20.0. The first-order valence-electron chi connectivity index (χ1n) is 29.1. The van der Waals surface area contributed by atoms with E-state index in [1.807, 2.05) is 6.08 Å². The topological polar surface area (TPSA) is 61.8 Å². The van der Waals surface area contributed by atoms with Crippen LogP contribution in [0.4, 0.5) is 0 Å². The molecule has 0 spiro atoms. The van der Waals surface area contributed by atoms with Gasteiger partial charge in [-0.25, -0.2) is 0 Å². The van der Waals surface area contributed by atoms with E-state index in [9.17, 15) is 9.59 Å². The van der Waals surface area contributed by atoms with Crippen molar-refractivity contribution in [1.82, 2.24) is 0 Å². The number of hydrogen-bond donors (Lipinski definition) is 0. The van der Waals surface area contributed by atoms with Gasteiger partial charge in [-0.3, -0.25) is 9.59 Å². The van der Waals surface area contributed by atoms with E-state index in [4.69, 9.17) is 14.2 Å². The van der Waals surface area contributed by atoms with Gasteiger partial charge >= 0.3 is 11.9 Å². The van der Waals surface area contributed by atoms with Crippen molar-refractivity contribution in [2.75, 3.05) is 19.8 Å². The highest BCUT2D eigenvalue weighted by Crippen LogP contribution is 2.15. The largest absolute Gasteiger partial charge is 0.462 e. The summed E-state index contributed by atoms with van der Waals surface area (Å²) < 4.78 is 17.4. The fourth-order valence-electron chi connectivity index (χ4n) is 8.05. The number of allylic oxidation sites excluding steroid dienone is 14. The van der Waals surface area contributed by atoms with Crippen LogP contribution in [-0.4, -0.2) is 37.9 Å². The smallest absolute Gasteiger partial charge is 0.306 e. The number of ether oxygens (including phenoxy) is 3. The Balaban J connectivity index is 4.39. The lowest BCUT2D eigenvalue weighted by atomic mass is 10.0. The first kappa shape index (κ1) is 65.1. The van der Waals surface area contributed by atoms with E-state index in [2.05, 4.69) is 99.8 Å². The third kappa shape index (κ3) is 55.7. The first-order valence-corrected chi connectivity index (χ1v) is 29.1. The van der Waals surface area contributed by atoms with E-state index in [0.29, 0.717) is 25.9 Å². The summed E-state index contributed by atoms with van der Waals surface area (Å²) in [6.07, 6.45) is 77.5. The minimum Gasteiger partial charge on any atom is -0.462 e. The molecule has 0 aromatic heterocycles. The monoisotopic (exact) mass is 947 g/mol. The number of unbranched alkanes of at least 4 members (excludes halogenated alkanes) is 28. The molecule has 5 heteroatoms. The third-order valence-corrected chi connectivity index (χ3v) is 12.4. The van der Waals surface area contributed by atoms with E-state index >= 15 is 0 Å². The van der Waals surface area contributed by atoms with Gasteiger partial charge in [-0.05, 0) is 89.9 Å². The second-order valence-corrected chi connectivity index (χ2v) is 19.2. The van der Waals surface area contributed by atoms with E-state index in [0.717, 1.165) is 64.2 Å². The summed E-state index contributed by atoms with van der Waals surface area (Å²) in [7, 11) is 0. The Hall–Kier alpha value is -2.92. The van der Waals surface area contributed by atoms with Crippen molar-refractivity contribution in [2.45, 2.75) is 284 Å². The standard InChI is InChI=1S/C63H110O5/c1-4-7-10-13-16-19-22-25-28-31-32-34-35-38-41-44-47-50-53-56-62(64)67-60-61(59-66-58-55-52-49-46-43-40-37-30-27-24-21-18-15-12-9-6-3)68-63(65)57-54-51-48-45-42-39-36-33-29-26-23-20-17-14-11-8-5-2/h16-17,19-20,25-26,28-29,32,34,38,41,47,50,61H,4-15,18,21-24,27,30-31,33,35-37,39-40,42-46,48-49,51-60H2,1-3H3/b19-16-,20-17-,28-25-,29-26-,34-32-,41-38-,50-47-/t61-/m1/s1. The zero-order chi connectivity index (χ0) is 49.2. The van der Waals surface area contributed by atoms with Gasteiger partial charge in [0.15, 0.2) is 6.10 Å². The highest BCUT2D eigenvalue weighted by Gasteiger charge is 2.17. The Morgan fingerprint density at radius 2 is 0.647 bits per heavy atom. The predicted molar refractivity (Wildman–Crippen MR) is 297 cm³/mol. The molecule has 0 saturated carbocycles. The maximum absolute atomic E-state index is 12.9. The van der Waals surface area contributed by atoms with Crippen LogP contribution in [0.1, 0.15) is 278 Å². The quantitative estimate of drug-likeness (QED) is 0.0345. The van der Waals surface area contributed by atoms with Crippen molar-refractivity contribution in [3.63, 3.8) is 0 Å². The molecular formula is C63H110O5. The minimum atomic E-state index is -0.573. The van der Waals surface area contributed by atoms with Crippen LogP contribution < -0.4 is 0 Å². The molecule has 0 unspecified atom stereocenters. The molecule has 5 nitrogen and oxygen atoms in total. The van der Waals surface area contributed by atoms with Crippen LogP contribution in [0.5, 0.6) is 0 Å². The molecular weight excluding hydrogens is 837 g/mol. The lowest BCUT2D eigenvalue weighted by Gasteiger charge is -2.18. The molecule has 0 aromatic rings. The Morgan fingerprint density at radius 3 is 1.07 bits per heavy atom. The fraction of sp³-hybridized carbons (Fsp3) is 0.746. The van der Waals surface area contributed by atoms with Crippen molar-refractivity contribution in [2.24, 2.45) is 0 Å². The van der Waals surface area contributed by atoms with E-state index in [-0.39, 0.29) is 25.2 Å². The molecule has 0 aromatic carbocycles. The minimum absolute atomic E-state index is 0.0421. The zero-order valence-electron chi connectivity index (χ0n) is 45.1. The Kier molecular flexibility index (Phi) is 55.9. The summed E-state index contributed by atoms with van der Waals surface area (Å²) in [5.74, 6) is -0.494. The number of hydrogen-bond acceptors (Lipinski definition) is 5. The van der Waals surface area contributed by atoms with Gasteiger partial charge in [-0.2, -0.15) is 0 Å². The summed E-state index contributed by atoms with van der Waals surface area (Å²) >= 11 is 0. The van der Waals surface area contributed by atoms with Crippen LogP contribution in [0, 0.1) is 0 Å². The Morgan fingerprint density at radius 1 is 0.324 bits per heavy atom. The molecule has 0 heterocycles. The van der Waals surface area contributed by atoms with Gasteiger partial charge in [-0.15, -0.1) is 0 Å². The highest BCUT2D eigenvalue weighted by molar-refractivity contribution is 5.70. The summed E-state index contributed by atoms with van der Waals surface area (Å²) in [6.45, 7) is 7.72. The van der Waals surface area contributed by atoms with E-state index in [1.165, 1.54) is 173 Å². The van der Waals surface area contributed by atoms with Crippen molar-refractivity contribution in [3.8, 4) is 0 Å². The van der Waals surface area contributed by atoms with Gasteiger partial charge in [0.05, 0.1) is 6.61 Å². The third-order valence-electron chi connectivity index (χ3n) is 12.4. The van der Waals surface area contributed by atoms with Gasteiger partial charge < -0.3 is 14.2 Å². The summed E-state index contributed by atoms with van der Waals surface area (Å²) in [5, 5.41) is 0. The Bertz CT molecular complexity index is 1250. The molecule has 0 saturated heterocycles. The van der Waals surface area contributed by atoms with Crippen LogP contribution in [0.2, 0.25) is 0 Å². The van der Waals surface area contributed by atoms with Crippen molar-refractivity contribution in [1.29, 1.82) is 0 Å².